The number of benzene rings is 1. The van der Waals surface area contributed by atoms with Crippen LogP contribution in [0.15, 0.2) is 10.5 Å². The zero-order valence-corrected chi connectivity index (χ0v) is 25.6. The van der Waals surface area contributed by atoms with E-state index in [0.717, 1.165) is 56.8 Å². The minimum Gasteiger partial charge on any atom is -0.463 e. The number of nitrogens with zero attached hydrogens (tertiary/aromatic N) is 5. The average Bonchev–Trinajstić information content (AvgIpc) is 3.61. The molecule has 4 fully saturated rings. The number of piperazine rings is 1. The van der Waals surface area contributed by atoms with Crippen molar-refractivity contribution in [1.29, 1.82) is 0 Å². The number of amides is 1. The summed E-state index contributed by atoms with van der Waals surface area (Å²) in [5.41, 5.74) is -0.495. The molecule has 40 heavy (non-hydrogen) atoms. The second kappa shape index (κ2) is 10.7. The Hall–Kier alpha value is -1.92. The Morgan fingerprint density at radius 3 is 2.45 bits per heavy atom. The van der Waals surface area contributed by atoms with Gasteiger partial charge in [-0.1, -0.05) is 0 Å². The number of aromatic nitrogens is 2. The first kappa shape index (κ1) is 28.2. The summed E-state index contributed by atoms with van der Waals surface area (Å²) in [6, 6.07) is 1.22. The molecule has 6 rings (SSSR count). The van der Waals surface area contributed by atoms with Crippen molar-refractivity contribution in [3.8, 4) is 6.01 Å². The number of fused-ring (bicyclic) bond motifs is 3. The van der Waals surface area contributed by atoms with Crippen LogP contribution < -0.4 is 9.64 Å². The van der Waals surface area contributed by atoms with Gasteiger partial charge in [0.2, 0.25) is 0 Å². The third kappa shape index (κ3) is 5.72. The number of hydrogen-bond acceptors (Lipinski definition) is 8. The standard InChI is InChI=1S/C28H36BrF2N5O3S/c1-27(2,3)39-26(37)36-17-4-5-18(36)14-35(13-17)24-19-12-20(30)21(29)22(31)23(19)32-25(33-24)38-16-28(6-7-28)15-34-8-10-40-11-9-34/h12,17-18H,4-11,13-16H2,1-3H3. The Labute approximate surface area is 246 Å². The summed E-state index contributed by atoms with van der Waals surface area (Å²) in [4.78, 5) is 28.5. The number of anilines is 1. The second-order valence-corrected chi connectivity index (χ2v) is 14.6. The van der Waals surface area contributed by atoms with E-state index in [9.17, 15) is 9.18 Å². The Kier molecular flexibility index (Phi) is 7.57. The smallest absolute Gasteiger partial charge is 0.410 e. The first-order valence-corrected chi connectivity index (χ1v) is 16.0. The zero-order valence-electron chi connectivity index (χ0n) is 23.2. The topological polar surface area (TPSA) is 71.0 Å². The predicted octanol–water partition coefficient (Wildman–Crippen LogP) is 5.47. The number of halogens is 3. The first-order valence-electron chi connectivity index (χ1n) is 14.1. The minimum atomic E-state index is -0.772. The number of ether oxygens (including phenoxy) is 2. The molecule has 8 nitrogen and oxygen atoms in total. The van der Waals surface area contributed by atoms with Crippen LogP contribution in [0.4, 0.5) is 19.4 Å². The number of carbonyl (C=O) groups is 1. The quantitative estimate of drug-likeness (QED) is 0.386. The predicted molar refractivity (Wildman–Crippen MR) is 155 cm³/mol. The molecular formula is C28H36BrF2N5O3S. The lowest BCUT2D eigenvalue weighted by Gasteiger charge is -2.42. The summed E-state index contributed by atoms with van der Waals surface area (Å²) >= 11 is 5.02. The summed E-state index contributed by atoms with van der Waals surface area (Å²) in [5.74, 6) is 1.26. The molecule has 12 heteroatoms. The molecule has 2 bridgehead atoms. The van der Waals surface area contributed by atoms with Crippen LogP contribution in [-0.2, 0) is 4.74 Å². The van der Waals surface area contributed by atoms with Gasteiger partial charge >= 0.3 is 12.1 Å². The normalized spacial score (nSPS) is 24.4. The van der Waals surface area contributed by atoms with E-state index in [2.05, 4.69) is 25.8 Å². The largest absolute Gasteiger partial charge is 0.463 e. The van der Waals surface area contributed by atoms with Crippen LogP contribution in [0.1, 0.15) is 46.5 Å². The number of hydrogen-bond donors (Lipinski definition) is 0. The summed E-state index contributed by atoms with van der Waals surface area (Å²) in [6.45, 7) is 10.2. The van der Waals surface area contributed by atoms with Crippen molar-refractivity contribution >= 4 is 50.5 Å². The highest BCUT2D eigenvalue weighted by atomic mass is 79.9. The van der Waals surface area contributed by atoms with E-state index in [4.69, 9.17) is 14.5 Å². The lowest BCUT2D eigenvalue weighted by Crippen LogP contribution is -2.57. The van der Waals surface area contributed by atoms with E-state index in [-0.39, 0.29) is 39.6 Å². The van der Waals surface area contributed by atoms with Crippen LogP contribution in [0.2, 0.25) is 0 Å². The fourth-order valence-corrected chi connectivity index (χ4v) is 7.39. The molecule has 1 aliphatic carbocycles. The van der Waals surface area contributed by atoms with Crippen LogP contribution in [0.5, 0.6) is 6.01 Å². The fourth-order valence-electron chi connectivity index (χ4n) is 6.11. The van der Waals surface area contributed by atoms with Gasteiger partial charge in [-0.25, -0.2) is 13.6 Å². The Bertz CT molecular complexity index is 1290. The molecule has 4 heterocycles. The molecule has 2 unspecified atom stereocenters. The maximum absolute atomic E-state index is 15.3. The van der Waals surface area contributed by atoms with Crippen molar-refractivity contribution in [3.05, 3.63) is 22.2 Å². The Morgan fingerprint density at radius 1 is 1.15 bits per heavy atom. The van der Waals surface area contributed by atoms with Gasteiger partial charge in [0.1, 0.15) is 22.8 Å². The van der Waals surface area contributed by atoms with Crippen molar-refractivity contribution in [2.45, 2.75) is 64.1 Å². The fraction of sp³-hybridized carbons (Fsp3) is 0.679. The molecule has 1 aromatic carbocycles. The van der Waals surface area contributed by atoms with Crippen molar-refractivity contribution in [2.24, 2.45) is 5.41 Å². The molecule has 4 aliphatic rings. The summed E-state index contributed by atoms with van der Waals surface area (Å²) in [7, 11) is 0. The molecule has 2 aromatic rings. The maximum Gasteiger partial charge on any atom is 0.410 e. The molecule has 0 N–H and O–H groups in total. The first-order chi connectivity index (χ1) is 19.0. The van der Waals surface area contributed by atoms with Crippen molar-refractivity contribution in [1.82, 2.24) is 19.8 Å². The highest BCUT2D eigenvalue weighted by Gasteiger charge is 2.46. The number of thioether (sulfide) groups is 1. The van der Waals surface area contributed by atoms with Gasteiger partial charge in [-0.05, 0) is 68.5 Å². The molecule has 1 aromatic heterocycles. The molecule has 0 spiro atoms. The molecule has 1 amide bonds. The van der Waals surface area contributed by atoms with E-state index in [1.165, 1.54) is 6.07 Å². The molecule has 3 aliphatic heterocycles. The number of rotatable bonds is 6. The maximum atomic E-state index is 15.3. The lowest BCUT2D eigenvalue weighted by atomic mass is 10.1. The third-order valence-corrected chi connectivity index (χ3v) is 9.97. The molecule has 3 saturated heterocycles. The average molecular weight is 641 g/mol. The van der Waals surface area contributed by atoms with Gasteiger partial charge in [0.25, 0.3) is 0 Å². The Morgan fingerprint density at radius 2 is 1.82 bits per heavy atom. The van der Waals surface area contributed by atoms with Crippen molar-refractivity contribution < 1.29 is 23.0 Å². The molecule has 1 saturated carbocycles. The van der Waals surface area contributed by atoms with Gasteiger partial charge < -0.3 is 19.3 Å². The van der Waals surface area contributed by atoms with Gasteiger partial charge in [-0.3, -0.25) is 4.90 Å². The van der Waals surface area contributed by atoms with E-state index in [0.29, 0.717) is 30.9 Å². The molecule has 218 valence electrons. The summed E-state index contributed by atoms with van der Waals surface area (Å²) < 4.78 is 41.7. The van der Waals surface area contributed by atoms with Crippen LogP contribution in [0, 0.1) is 17.0 Å². The van der Waals surface area contributed by atoms with E-state index in [1.54, 1.807) is 0 Å². The SMILES string of the molecule is CC(C)(C)OC(=O)N1C2CCC1CN(c1nc(OCC3(CN4CCSCC4)CC3)nc3c(F)c(Br)c(F)cc13)C2. The van der Waals surface area contributed by atoms with Crippen molar-refractivity contribution in [3.63, 3.8) is 0 Å². The van der Waals surface area contributed by atoms with Crippen LogP contribution >= 0.6 is 27.7 Å². The van der Waals surface area contributed by atoms with Crippen LogP contribution in [-0.4, -0.2) is 94.4 Å². The Balaban J connectivity index is 1.26. The van der Waals surface area contributed by atoms with Gasteiger partial charge in [0, 0.05) is 55.0 Å². The van der Waals surface area contributed by atoms with Crippen LogP contribution in [0.3, 0.4) is 0 Å². The monoisotopic (exact) mass is 639 g/mol. The van der Waals surface area contributed by atoms with E-state index >= 15 is 4.39 Å². The van der Waals surface area contributed by atoms with Gasteiger partial charge in [0.05, 0.1) is 23.2 Å². The highest BCUT2D eigenvalue weighted by molar-refractivity contribution is 9.10. The second-order valence-electron chi connectivity index (χ2n) is 12.6. The molecule has 2 atom stereocenters. The zero-order chi connectivity index (χ0) is 28.2. The lowest BCUT2D eigenvalue weighted by molar-refractivity contribution is 0.0123. The van der Waals surface area contributed by atoms with Gasteiger partial charge in [-0.15, -0.1) is 0 Å². The summed E-state index contributed by atoms with van der Waals surface area (Å²) in [5, 5.41) is 0.294. The van der Waals surface area contributed by atoms with E-state index in [1.807, 2.05) is 42.3 Å². The molecular weight excluding hydrogens is 604 g/mol. The minimum absolute atomic E-state index is 0.0214. The van der Waals surface area contributed by atoms with E-state index < -0.39 is 17.2 Å². The van der Waals surface area contributed by atoms with Crippen LogP contribution in [0.25, 0.3) is 10.9 Å². The van der Waals surface area contributed by atoms with Crippen molar-refractivity contribution in [2.75, 3.05) is 55.7 Å². The highest BCUT2D eigenvalue weighted by Crippen LogP contribution is 2.47. The third-order valence-electron chi connectivity index (χ3n) is 8.30. The number of carbonyl (C=O) groups excluding carboxylic acids is 1. The van der Waals surface area contributed by atoms with Gasteiger partial charge in [-0.2, -0.15) is 21.7 Å². The van der Waals surface area contributed by atoms with Gasteiger partial charge in [0.15, 0.2) is 5.82 Å². The molecule has 0 radical (unpaired) electrons. The summed E-state index contributed by atoms with van der Waals surface area (Å²) in [6.07, 6.45) is 3.51.